The van der Waals surface area contributed by atoms with Crippen molar-refractivity contribution in [3.8, 4) is 11.1 Å². The van der Waals surface area contributed by atoms with Crippen LogP contribution in [0.1, 0.15) is 73.1 Å². The summed E-state index contributed by atoms with van der Waals surface area (Å²) in [5.74, 6) is 1.16. The lowest BCUT2D eigenvalue weighted by Gasteiger charge is -2.18. The topological polar surface area (TPSA) is 103 Å². The van der Waals surface area contributed by atoms with Crippen molar-refractivity contribution in [3.63, 3.8) is 0 Å². The number of anilines is 1. The number of ether oxygens (including phenoxy) is 1. The Bertz CT molecular complexity index is 1480. The van der Waals surface area contributed by atoms with Crippen LogP contribution >= 0.6 is 0 Å². The molecule has 2 aliphatic rings. The number of hydrogen-bond donors (Lipinski definition) is 2. The van der Waals surface area contributed by atoms with Gasteiger partial charge in [0, 0.05) is 23.4 Å². The third kappa shape index (κ3) is 3.34. The Morgan fingerprint density at radius 2 is 1.66 bits per heavy atom. The van der Waals surface area contributed by atoms with E-state index >= 15 is 0 Å². The van der Waals surface area contributed by atoms with E-state index in [0.29, 0.717) is 17.9 Å². The molecule has 2 atom stereocenters. The van der Waals surface area contributed by atoms with Crippen LogP contribution in [0, 0.1) is 27.7 Å². The number of carbonyl (C=O) groups excluding carboxylic acids is 1. The van der Waals surface area contributed by atoms with E-state index in [2.05, 4.69) is 33.7 Å². The van der Waals surface area contributed by atoms with Gasteiger partial charge >= 0.3 is 0 Å². The van der Waals surface area contributed by atoms with Crippen molar-refractivity contribution in [3.05, 3.63) is 98.6 Å². The van der Waals surface area contributed by atoms with Gasteiger partial charge in [-0.25, -0.2) is 4.98 Å². The molecule has 2 aromatic heterocycles. The van der Waals surface area contributed by atoms with Crippen LogP contribution in [0.25, 0.3) is 11.1 Å². The van der Waals surface area contributed by atoms with Crippen LogP contribution in [-0.2, 0) is 11.3 Å². The summed E-state index contributed by atoms with van der Waals surface area (Å²) in [4.78, 5) is 17.3. The quantitative estimate of drug-likeness (QED) is 0.438. The predicted molar refractivity (Wildman–Crippen MR) is 132 cm³/mol. The minimum absolute atomic E-state index is 0.105. The Morgan fingerprint density at radius 3 is 2.37 bits per heavy atom. The number of amides is 1. The standard InChI is InChI=1S/C28H26N4O3/c1-13-9-24(29)31-14(2)23(13)12-30-28(33)18-6-8-20-22(11-18)27-21-10-17(5-7-19(21)26(20)34-27)25-15(3)32-35-16(25)4/h5-11,26-27H,12H2,1-4H3,(H2,29,31)(H,30,33). The van der Waals surface area contributed by atoms with Gasteiger partial charge in [0.1, 0.15) is 23.8 Å². The minimum Gasteiger partial charge on any atom is -0.384 e. The lowest BCUT2D eigenvalue weighted by atomic mass is 9.83. The number of nitrogens with zero attached hydrogens (tertiary/aromatic N) is 2. The second kappa shape index (κ2) is 7.78. The van der Waals surface area contributed by atoms with E-state index in [9.17, 15) is 4.79 Å². The molecule has 4 aromatic rings. The Labute approximate surface area is 203 Å². The summed E-state index contributed by atoms with van der Waals surface area (Å²) >= 11 is 0. The van der Waals surface area contributed by atoms with Crippen molar-refractivity contribution in [2.24, 2.45) is 0 Å². The smallest absolute Gasteiger partial charge is 0.251 e. The maximum absolute atomic E-state index is 13.0. The molecule has 3 N–H and O–H groups in total. The van der Waals surface area contributed by atoms with Crippen LogP contribution in [-0.4, -0.2) is 16.0 Å². The molecule has 0 aliphatic carbocycles. The molecular formula is C28H26N4O3. The highest BCUT2D eigenvalue weighted by atomic mass is 16.5. The number of benzene rings is 2. The summed E-state index contributed by atoms with van der Waals surface area (Å²) in [6.07, 6.45) is -0.295. The minimum atomic E-state index is -0.191. The molecule has 2 bridgehead atoms. The number of aromatic nitrogens is 2. The van der Waals surface area contributed by atoms with E-state index in [4.69, 9.17) is 15.0 Å². The number of pyridine rings is 1. The van der Waals surface area contributed by atoms with Gasteiger partial charge in [-0.1, -0.05) is 23.4 Å². The first-order valence-electron chi connectivity index (χ1n) is 11.7. The number of nitrogens with two attached hydrogens (primary N) is 1. The monoisotopic (exact) mass is 466 g/mol. The molecule has 0 saturated heterocycles. The molecule has 176 valence electrons. The van der Waals surface area contributed by atoms with Crippen molar-refractivity contribution in [1.82, 2.24) is 15.5 Å². The van der Waals surface area contributed by atoms with E-state index in [1.54, 1.807) is 0 Å². The Kier molecular flexibility index (Phi) is 4.79. The van der Waals surface area contributed by atoms with Gasteiger partial charge < -0.3 is 20.3 Å². The van der Waals surface area contributed by atoms with Gasteiger partial charge in [0.2, 0.25) is 0 Å². The molecule has 0 fully saturated rings. The maximum atomic E-state index is 13.0. The third-order valence-corrected chi connectivity index (χ3v) is 7.16. The van der Waals surface area contributed by atoms with Gasteiger partial charge in [-0.2, -0.15) is 0 Å². The molecule has 7 nitrogen and oxygen atoms in total. The summed E-state index contributed by atoms with van der Waals surface area (Å²) in [5, 5.41) is 7.13. The van der Waals surface area contributed by atoms with Crippen molar-refractivity contribution < 1.29 is 14.1 Å². The predicted octanol–water partition coefficient (Wildman–Crippen LogP) is 5.00. The van der Waals surface area contributed by atoms with Gasteiger partial charge in [0.15, 0.2) is 0 Å². The molecule has 2 unspecified atom stereocenters. The SMILES string of the molecule is Cc1cc(N)nc(C)c1CNC(=O)c1ccc2c(c1)C1OC2c2ccc(-c3c(C)noc3C)cc21. The number of hydrogen-bond acceptors (Lipinski definition) is 6. The van der Waals surface area contributed by atoms with Gasteiger partial charge in [-0.05, 0) is 90.9 Å². The summed E-state index contributed by atoms with van der Waals surface area (Å²) in [5.41, 5.74) is 16.7. The Balaban J connectivity index is 1.27. The fraction of sp³-hybridized carbons (Fsp3) is 0.250. The zero-order valence-corrected chi connectivity index (χ0v) is 20.1. The van der Waals surface area contributed by atoms with Crippen LogP contribution in [0.5, 0.6) is 0 Å². The van der Waals surface area contributed by atoms with E-state index in [1.165, 1.54) is 5.56 Å². The van der Waals surface area contributed by atoms with Gasteiger partial charge in [-0.3, -0.25) is 4.79 Å². The highest BCUT2D eigenvalue weighted by Gasteiger charge is 2.43. The molecule has 0 spiro atoms. The molecule has 2 aliphatic heterocycles. The highest BCUT2D eigenvalue weighted by Crippen LogP contribution is 2.55. The maximum Gasteiger partial charge on any atom is 0.251 e. The molecule has 2 aromatic carbocycles. The highest BCUT2D eigenvalue weighted by molar-refractivity contribution is 5.94. The summed E-state index contributed by atoms with van der Waals surface area (Å²) in [6.45, 7) is 8.15. The molecule has 7 heteroatoms. The number of rotatable bonds is 4. The third-order valence-electron chi connectivity index (χ3n) is 7.16. The number of fused-ring (bicyclic) bond motifs is 8. The lowest BCUT2D eigenvalue weighted by molar-refractivity contribution is 0.0857. The molecule has 1 amide bonds. The fourth-order valence-electron chi connectivity index (χ4n) is 5.46. The molecule has 4 heterocycles. The summed E-state index contributed by atoms with van der Waals surface area (Å²) < 4.78 is 11.7. The van der Waals surface area contributed by atoms with Crippen LogP contribution in [0.2, 0.25) is 0 Å². The zero-order chi connectivity index (χ0) is 24.4. The second-order valence-electron chi connectivity index (χ2n) is 9.39. The lowest BCUT2D eigenvalue weighted by Crippen LogP contribution is -2.24. The van der Waals surface area contributed by atoms with Crippen molar-refractivity contribution in [2.75, 3.05) is 5.73 Å². The Hall–Kier alpha value is -3.97. The molecule has 0 saturated carbocycles. The molecule has 35 heavy (non-hydrogen) atoms. The molecular weight excluding hydrogens is 440 g/mol. The van der Waals surface area contributed by atoms with Crippen molar-refractivity contribution in [1.29, 1.82) is 0 Å². The number of carbonyl (C=O) groups is 1. The van der Waals surface area contributed by atoms with E-state index in [-0.39, 0.29) is 18.1 Å². The first kappa shape index (κ1) is 21.6. The molecule has 0 radical (unpaired) electrons. The van der Waals surface area contributed by atoms with Crippen LogP contribution in [0.15, 0.2) is 47.0 Å². The van der Waals surface area contributed by atoms with Crippen LogP contribution < -0.4 is 11.1 Å². The second-order valence-corrected chi connectivity index (χ2v) is 9.39. The van der Waals surface area contributed by atoms with E-state index < -0.39 is 0 Å². The van der Waals surface area contributed by atoms with E-state index in [1.807, 2.05) is 52.0 Å². The average Bonchev–Trinajstić information content (AvgIpc) is 3.49. The van der Waals surface area contributed by atoms with Crippen molar-refractivity contribution in [2.45, 2.75) is 46.4 Å². The normalized spacial score (nSPS) is 17.4. The van der Waals surface area contributed by atoms with Gasteiger partial charge in [-0.15, -0.1) is 0 Å². The largest absolute Gasteiger partial charge is 0.384 e. The number of nitrogens with one attached hydrogen (secondary N) is 1. The summed E-state index contributed by atoms with van der Waals surface area (Å²) in [6, 6.07) is 14.1. The average molecular weight is 467 g/mol. The fourth-order valence-corrected chi connectivity index (χ4v) is 5.46. The number of aryl methyl sites for hydroxylation is 4. The van der Waals surface area contributed by atoms with E-state index in [0.717, 1.165) is 56.1 Å². The number of nitrogen functional groups attached to an aromatic ring is 1. The van der Waals surface area contributed by atoms with Crippen LogP contribution in [0.3, 0.4) is 0 Å². The van der Waals surface area contributed by atoms with Gasteiger partial charge in [0.25, 0.3) is 5.91 Å². The first-order valence-corrected chi connectivity index (χ1v) is 11.7. The van der Waals surface area contributed by atoms with Crippen molar-refractivity contribution >= 4 is 11.7 Å². The molecule has 6 rings (SSSR count). The van der Waals surface area contributed by atoms with Gasteiger partial charge in [0.05, 0.1) is 5.69 Å². The summed E-state index contributed by atoms with van der Waals surface area (Å²) in [7, 11) is 0. The Morgan fingerprint density at radius 1 is 0.943 bits per heavy atom. The zero-order valence-electron chi connectivity index (χ0n) is 20.1. The van der Waals surface area contributed by atoms with Crippen LogP contribution in [0.4, 0.5) is 5.82 Å². The first-order chi connectivity index (χ1) is 16.8.